The zero-order chi connectivity index (χ0) is 15.4. The normalized spacial score (nSPS) is 14.4. The van der Waals surface area contributed by atoms with Crippen LogP contribution in [0.5, 0.6) is 0 Å². The van der Waals surface area contributed by atoms with Crippen LogP contribution in [0.1, 0.15) is 63.8 Å². The zero-order valence-electron chi connectivity index (χ0n) is 14.0. The Morgan fingerprint density at radius 1 is 0.762 bits per heavy atom. The van der Waals surface area contributed by atoms with Crippen molar-refractivity contribution in [1.82, 2.24) is 0 Å². The lowest BCUT2D eigenvalue weighted by molar-refractivity contribution is 0.589. The summed E-state index contributed by atoms with van der Waals surface area (Å²) < 4.78 is 0. The van der Waals surface area contributed by atoms with E-state index in [1.54, 1.807) is 0 Å². The van der Waals surface area contributed by atoms with Gasteiger partial charge in [0.05, 0.1) is 10.9 Å². The Bertz CT molecular complexity index is 726. The quantitative estimate of drug-likeness (QED) is 0.517. The molecule has 2 aromatic carbocycles. The summed E-state index contributed by atoms with van der Waals surface area (Å²) in [6, 6.07) is 9.47. The highest BCUT2D eigenvalue weighted by atomic mass is 14.3. The second-order valence-corrected chi connectivity index (χ2v) is 8.25. The van der Waals surface area contributed by atoms with Gasteiger partial charge in [-0.1, -0.05) is 41.5 Å². The molecule has 0 bridgehead atoms. The average Bonchev–Trinajstić information content (AvgIpc) is 2.36. The Morgan fingerprint density at radius 2 is 1.33 bits per heavy atom. The fraction of sp³-hybridized carbons (Fsp3) is 0.381. The number of rotatable bonds is 0. The molecular formula is C21H25+. The fourth-order valence-corrected chi connectivity index (χ4v) is 2.97. The molecule has 0 aliphatic heterocycles. The highest BCUT2D eigenvalue weighted by Crippen LogP contribution is 2.37. The first-order valence-corrected chi connectivity index (χ1v) is 7.80. The summed E-state index contributed by atoms with van der Waals surface area (Å²) in [5.74, 6) is 0. The third kappa shape index (κ3) is 2.48. The summed E-state index contributed by atoms with van der Waals surface area (Å²) in [7, 11) is 0. The number of benzene rings is 2. The van der Waals surface area contributed by atoms with Crippen LogP contribution in [-0.2, 0) is 10.8 Å². The van der Waals surface area contributed by atoms with Crippen molar-refractivity contribution in [1.29, 1.82) is 0 Å². The van der Waals surface area contributed by atoms with E-state index in [1.165, 1.54) is 33.0 Å². The number of allylic oxidation sites excluding steroid dienone is 1. The largest absolute Gasteiger partial charge is 0.105 e. The molecule has 21 heavy (non-hydrogen) atoms. The minimum atomic E-state index is 0.178. The first-order chi connectivity index (χ1) is 9.66. The van der Waals surface area contributed by atoms with Crippen molar-refractivity contribution in [3.63, 3.8) is 0 Å². The lowest BCUT2D eigenvalue weighted by Gasteiger charge is -2.22. The highest BCUT2D eigenvalue weighted by Gasteiger charge is 2.25. The predicted octanol–water partition coefficient (Wildman–Crippen LogP) is 6.01. The first-order valence-electron chi connectivity index (χ1n) is 7.80. The third-order valence-electron chi connectivity index (χ3n) is 4.39. The van der Waals surface area contributed by atoms with E-state index in [4.69, 9.17) is 0 Å². The minimum Gasteiger partial charge on any atom is -0.0561 e. The van der Waals surface area contributed by atoms with Crippen molar-refractivity contribution < 1.29 is 0 Å². The van der Waals surface area contributed by atoms with Crippen LogP contribution in [0.2, 0.25) is 0 Å². The molecule has 0 aromatic heterocycles. The Balaban J connectivity index is 2.36. The van der Waals surface area contributed by atoms with Crippen molar-refractivity contribution in [2.45, 2.75) is 52.4 Å². The van der Waals surface area contributed by atoms with Gasteiger partial charge < -0.3 is 0 Å². The van der Waals surface area contributed by atoms with E-state index in [-0.39, 0.29) is 10.8 Å². The van der Waals surface area contributed by atoms with Crippen molar-refractivity contribution in [2.24, 2.45) is 0 Å². The van der Waals surface area contributed by atoms with Crippen LogP contribution in [0, 0.1) is 6.42 Å². The molecule has 0 heterocycles. The Labute approximate surface area is 128 Å². The van der Waals surface area contributed by atoms with E-state index in [0.29, 0.717) is 0 Å². The van der Waals surface area contributed by atoms with E-state index >= 15 is 0 Å². The summed E-state index contributed by atoms with van der Waals surface area (Å²) in [5, 5.41) is 2.78. The monoisotopic (exact) mass is 277 g/mol. The highest BCUT2D eigenvalue weighted by molar-refractivity contribution is 5.97. The molecule has 1 aliphatic rings. The van der Waals surface area contributed by atoms with Crippen LogP contribution >= 0.6 is 0 Å². The summed E-state index contributed by atoms with van der Waals surface area (Å²) in [6.07, 6.45) is 6.65. The van der Waals surface area contributed by atoms with Gasteiger partial charge in [0.2, 0.25) is 0 Å². The van der Waals surface area contributed by atoms with Gasteiger partial charge >= 0.3 is 0 Å². The summed E-state index contributed by atoms with van der Waals surface area (Å²) >= 11 is 0. The molecule has 0 nitrogen and oxygen atoms in total. The lowest BCUT2D eigenvalue weighted by atomic mass is 9.79. The second-order valence-electron chi connectivity index (χ2n) is 8.25. The van der Waals surface area contributed by atoms with Gasteiger partial charge in [0.15, 0.2) is 0 Å². The average molecular weight is 277 g/mol. The van der Waals surface area contributed by atoms with Crippen LogP contribution in [0.3, 0.4) is 0 Å². The molecule has 0 unspecified atom stereocenters. The van der Waals surface area contributed by atoms with E-state index in [1.807, 2.05) is 0 Å². The van der Waals surface area contributed by atoms with Crippen molar-refractivity contribution in [3.8, 4) is 0 Å². The minimum absolute atomic E-state index is 0.178. The van der Waals surface area contributed by atoms with Gasteiger partial charge in [-0.3, -0.25) is 0 Å². The molecule has 0 saturated carbocycles. The molecule has 0 spiro atoms. The van der Waals surface area contributed by atoms with E-state index < -0.39 is 0 Å². The molecule has 0 heteroatoms. The number of hydrogen-bond donors (Lipinski definition) is 0. The van der Waals surface area contributed by atoms with Gasteiger partial charge in [-0.05, 0) is 34.6 Å². The van der Waals surface area contributed by atoms with Crippen LogP contribution in [0.4, 0.5) is 0 Å². The molecule has 0 amide bonds. The summed E-state index contributed by atoms with van der Waals surface area (Å²) in [6.45, 7) is 13.7. The Kier molecular flexibility index (Phi) is 2.99. The second kappa shape index (κ2) is 4.40. The molecule has 2 aromatic rings. The van der Waals surface area contributed by atoms with Crippen molar-refractivity contribution in [3.05, 3.63) is 59.0 Å². The summed E-state index contributed by atoms with van der Waals surface area (Å²) in [5.41, 5.74) is 5.89. The van der Waals surface area contributed by atoms with Gasteiger partial charge in [0.1, 0.15) is 5.56 Å². The Hall–Kier alpha value is -1.69. The third-order valence-corrected chi connectivity index (χ3v) is 4.39. The van der Waals surface area contributed by atoms with E-state index in [2.05, 4.69) is 84.4 Å². The molecule has 0 N–H and O–H groups in total. The lowest BCUT2D eigenvalue weighted by Crippen LogP contribution is -2.14. The molecule has 0 saturated heterocycles. The van der Waals surface area contributed by atoms with E-state index in [9.17, 15) is 0 Å². The van der Waals surface area contributed by atoms with Crippen LogP contribution < -0.4 is 0 Å². The first kappa shape index (κ1) is 14.3. The Morgan fingerprint density at radius 3 is 1.90 bits per heavy atom. The molecule has 0 radical (unpaired) electrons. The van der Waals surface area contributed by atoms with Crippen LogP contribution in [0.25, 0.3) is 16.8 Å². The molecule has 1 aliphatic carbocycles. The molecule has 0 atom stereocenters. The SMILES string of the molecule is CC(C)(C)c1cc2c3c(cc(C(C)(C)C)cc3c1)[CH+]C=C2. The standard InChI is InChI=1S/C21H25/c1-20(2,3)17-10-14-8-7-9-15-11-18(21(4,5)6)13-16(12-17)19(14)15/h7-13H,1-6H3/q+1. The van der Waals surface area contributed by atoms with Gasteiger partial charge in [-0.15, -0.1) is 0 Å². The van der Waals surface area contributed by atoms with Crippen LogP contribution in [0.15, 0.2) is 30.3 Å². The molecule has 0 fully saturated rings. The van der Waals surface area contributed by atoms with Gasteiger partial charge in [-0.25, -0.2) is 0 Å². The van der Waals surface area contributed by atoms with Crippen molar-refractivity contribution >= 4 is 16.8 Å². The van der Waals surface area contributed by atoms with Crippen molar-refractivity contribution in [2.75, 3.05) is 0 Å². The summed E-state index contributed by atoms with van der Waals surface area (Å²) in [4.78, 5) is 0. The fourth-order valence-electron chi connectivity index (χ4n) is 2.97. The van der Waals surface area contributed by atoms with Gasteiger partial charge in [0.25, 0.3) is 0 Å². The predicted molar refractivity (Wildman–Crippen MR) is 93.8 cm³/mol. The van der Waals surface area contributed by atoms with Gasteiger partial charge in [-0.2, -0.15) is 0 Å². The maximum atomic E-state index is 2.38. The van der Waals surface area contributed by atoms with Crippen LogP contribution in [-0.4, -0.2) is 0 Å². The van der Waals surface area contributed by atoms with E-state index in [0.717, 1.165) is 0 Å². The zero-order valence-corrected chi connectivity index (χ0v) is 14.0. The topological polar surface area (TPSA) is 0 Å². The molecule has 108 valence electrons. The molecule has 3 rings (SSSR count). The van der Waals surface area contributed by atoms with Gasteiger partial charge in [0, 0.05) is 35.6 Å². The maximum Gasteiger partial charge on any atom is 0.105 e. The number of hydrogen-bond acceptors (Lipinski definition) is 0. The molecular weight excluding hydrogens is 252 g/mol. The maximum absolute atomic E-state index is 2.38. The smallest absolute Gasteiger partial charge is 0.0561 e.